The molecule has 0 bridgehead atoms. The summed E-state index contributed by atoms with van der Waals surface area (Å²) in [6.07, 6.45) is -4.55. The third-order valence-corrected chi connectivity index (χ3v) is 2.74. The molecule has 4 nitrogen and oxygen atoms in total. The van der Waals surface area contributed by atoms with Crippen LogP contribution in [0.2, 0.25) is 0 Å². The average Bonchev–Trinajstić information content (AvgIpc) is 2.74. The van der Waals surface area contributed by atoms with Crippen molar-refractivity contribution in [1.29, 1.82) is 0 Å². The van der Waals surface area contributed by atoms with Gasteiger partial charge in [-0.15, -0.1) is 0 Å². The third-order valence-electron chi connectivity index (χ3n) is 2.47. The maximum Gasteiger partial charge on any atom is 0.451 e. The second-order valence-electron chi connectivity index (χ2n) is 3.64. The first-order valence-corrected chi connectivity index (χ1v) is 5.32. The predicted octanol–water partition coefficient (Wildman–Crippen LogP) is 2.96. The number of benzene rings is 1. The number of halogens is 3. The number of H-pyrrole nitrogens is 1. The summed E-state index contributed by atoms with van der Waals surface area (Å²) in [5.74, 6) is -1.09. The Hall–Kier alpha value is -1.96. The fourth-order valence-electron chi connectivity index (χ4n) is 1.70. The van der Waals surface area contributed by atoms with Gasteiger partial charge in [-0.25, -0.2) is 14.5 Å². The Balaban J connectivity index is 2.49. The summed E-state index contributed by atoms with van der Waals surface area (Å²) in [4.78, 5) is 7.59. The molecule has 0 aliphatic rings. The molecule has 0 atom stereocenters. The number of aromatic amines is 1. The normalized spacial score (nSPS) is 12.4. The van der Waals surface area contributed by atoms with E-state index in [9.17, 15) is 13.2 Å². The Morgan fingerprint density at radius 1 is 1.17 bits per heavy atom. The van der Waals surface area contributed by atoms with E-state index in [-0.39, 0.29) is 10.4 Å². The van der Waals surface area contributed by atoms with Crippen molar-refractivity contribution in [2.24, 2.45) is 0 Å². The van der Waals surface area contributed by atoms with E-state index in [2.05, 4.69) is 15.1 Å². The highest BCUT2D eigenvalue weighted by Crippen LogP contribution is 2.27. The lowest BCUT2D eigenvalue weighted by Crippen LogP contribution is -2.07. The smallest absolute Gasteiger partial charge is 0.269 e. The molecule has 92 valence electrons. The lowest BCUT2D eigenvalue weighted by Gasteiger charge is -1.98. The van der Waals surface area contributed by atoms with Crippen molar-refractivity contribution in [3.8, 4) is 0 Å². The van der Waals surface area contributed by atoms with Crippen LogP contribution in [0.3, 0.4) is 0 Å². The highest BCUT2D eigenvalue weighted by atomic mass is 32.1. The van der Waals surface area contributed by atoms with Gasteiger partial charge in [-0.05, 0) is 24.4 Å². The Bertz CT molecular complexity index is 802. The van der Waals surface area contributed by atoms with Crippen LogP contribution in [0.5, 0.6) is 0 Å². The number of alkyl halides is 3. The zero-order valence-electron chi connectivity index (χ0n) is 8.69. The van der Waals surface area contributed by atoms with Gasteiger partial charge in [-0.1, -0.05) is 12.1 Å². The minimum Gasteiger partial charge on any atom is -0.269 e. The summed E-state index contributed by atoms with van der Waals surface area (Å²) < 4.78 is 38.9. The summed E-state index contributed by atoms with van der Waals surface area (Å²) in [6.45, 7) is 0. The molecule has 0 unspecified atom stereocenters. The van der Waals surface area contributed by atoms with Gasteiger partial charge in [-0.3, -0.25) is 5.10 Å². The average molecular weight is 270 g/mol. The molecule has 0 saturated carbocycles. The Labute approximate surface area is 103 Å². The zero-order chi connectivity index (χ0) is 12.9. The SMILES string of the molecule is FC(F)(F)c1nc2c3ccccc3nc(=S)n2[nH]1. The lowest BCUT2D eigenvalue weighted by molar-refractivity contribution is -0.144. The van der Waals surface area contributed by atoms with Crippen molar-refractivity contribution in [3.05, 3.63) is 34.9 Å². The highest BCUT2D eigenvalue weighted by Gasteiger charge is 2.35. The molecule has 0 aliphatic carbocycles. The number of fused-ring (bicyclic) bond motifs is 3. The van der Waals surface area contributed by atoms with Crippen LogP contribution in [0.15, 0.2) is 24.3 Å². The zero-order valence-corrected chi connectivity index (χ0v) is 9.51. The van der Waals surface area contributed by atoms with Crippen LogP contribution in [0.25, 0.3) is 16.6 Å². The van der Waals surface area contributed by atoms with Crippen molar-refractivity contribution >= 4 is 28.8 Å². The van der Waals surface area contributed by atoms with Gasteiger partial charge in [0, 0.05) is 5.39 Å². The van der Waals surface area contributed by atoms with E-state index in [1.54, 1.807) is 24.3 Å². The molecule has 0 amide bonds. The van der Waals surface area contributed by atoms with Crippen molar-refractivity contribution in [1.82, 2.24) is 19.6 Å². The molecule has 0 fully saturated rings. The third kappa shape index (κ3) is 1.57. The van der Waals surface area contributed by atoms with E-state index in [0.29, 0.717) is 10.9 Å². The summed E-state index contributed by atoms with van der Waals surface area (Å²) in [5, 5.41) is 2.62. The number of nitrogens with one attached hydrogen (secondary N) is 1. The van der Waals surface area contributed by atoms with Crippen LogP contribution in [-0.2, 0) is 6.18 Å². The Morgan fingerprint density at radius 2 is 1.89 bits per heavy atom. The highest BCUT2D eigenvalue weighted by molar-refractivity contribution is 7.71. The molecule has 1 N–H and O–H groups in total. The van der Waals surface area contributed by atoms with E-state index in [1.165, 1.54) is 0 Å². The Morgan fingerprint density at radius 3 is 2.61 bits per heavy atom. The first kappa shape index (κ1) is 11.1. The van der Waals surface area contributed by atoms with Crippen LogP contribution in [0.4, 0.5) is 13.2 Å². The molecule has 1 aromatic carbocycles. The first-order valence-electron chi connectivity index (χ1n) is 4.91. The van der Waals surface area contributed by atoms with Crippen LogP contribution in [0.1, 0.15) is 5.82 Å². The molecular formula is C10H5F3N4S. The molecule has 2 aromatic heterocycles. The molecule has 0 saturated heterocycles. The van der Waals surface area contributed by atoms with E-state index < -0.39 is 12.0 Å². The minimum absolute atomic E-state index is 0.00620. The Kier molecular flexibility index (Phi) is 2.18. The van der Waals surface area contributed by atoms with Gasteiger partial charge in [0.05, 0.1) is 5.52 Å². The van der Waals surface area contributed by atoms with Gasteiger partial charge in [0.2, 0.25) is 10.6 Å². The molecular weight excluding hydrogens is 265 g/mol. The number of para-hydroxylation sites is 1. The van der Waals surface area contributed by atoms with Crippen molar-refractivity contribution in [2.45, 2.75) is 6.18 Å². The van der Waals surface area contributed by atoms with Crippen LogP contribution < -0.4 is 0 Å². The molecule has 3 aromatic rings. The van der Waals surface area contributed by atoms with Crippen LogP contribution in [-0.4, -0.2) is 19.6 Å². The second kappa shape index (κ2) is 3.52. The van der Waals surface area contributed by atoms with E-state index >= 15 is 0 Å². The lowest BCUT2D eigenvalue weighted by atomic mass is 10.2. The van der Waals surface area contributed by atoms with Gasteiger partial charge in [0.1, 0.15) is 0 Å². The number of nitrogens with zero attached hydrogens (tertiary/aromatic N) is 3. The molecule has 18 heavy (non-hydrogen) atoms. The molecule has 3 rings (SSSR count). The molecule has 0 radical (unpaired) electrons. The van der Waals surface area contributed by atoms with Crippen molar-refractivity contribution < 1.29 is 13.2 Å². The minimum atomic E-state index is -4.55. The number of hydrogen-bond donors (Lipinski definition) is 1. The van der Waals surface area contributed by atoms with Crippen molar-refractivity contribution in [3.63, 3.8) is 0 Å². The monoisotopic (exact) mass is 270 g/mol. The standard InChI is InChI=1S/C10H5F3N4S/c11-10(12,13)8-15-7-5-3-1-2-4-6(5)14-9(18)17(7)16-8/h1-4H,(H,15,16). The summed E-state index contributed by atoms with van der Waals surface area (Å²) >= 11 is 4.93. The molecule has 0 spiro atoms. The molecule has 2 heterocycles. The number of aromatic nitrogens is 4. The number of rotatable bonds is 0. The number of hydrogen-bond acceptors (Lipinski definition) is 3. The summed E-state index contributed by atoms with van der Waals surface area (Å²) in [6, 6.07) is 6.76. The summed E-state index contributed by atoms with van der Waals surface area (Å²) in [7, 11) is 0. The van der Waals surface area contributed by atoms with E-state index in [1.807, 2.05) is 0 Å². The van der Waals surface area contributed by atoms with E-state index in [4.69, 9.17) is 12.2 Å². The quantitative estimate of drug-likeness (QED) is 0.639. The fourth-order valence-corrected chi connectivity index (χ4v) is 1.93. The molecule has 0 aliphatic heterocycles. The topological polar surface area (TPSA) is 46.0 Å². The first-order chi connectivity index (χ1) is 8.47. The van der Waals surface area contributed by atoms with Gasteiger partial charge >= 0.3 is 6.18 Å². The fraction of sp³-hybridized carbons (Fsp3) is 0.100. The van der Waals surface area contributed by atoms with Gasteiger partial charge in [0.25, 0.3) is 0 Å². The van der Waals surface area contributed by atoms with E-state index in [0.717, 1.165) is 4.52 Å². The predicted molar refractivity (Wildman–Crippen MR) is 60.7 cm³/mol. The maximum absolute atomic E-state index is 12.6. The van der Waals surface area contributed by atoms with Gasteiger partial charge in [-0.2, -0.15) is 13.2 Å². The van der Waals surface area contributed by atoms with Crippen LogP contribution >= 0.6 is 12.2 Å². The summed E-state index contributed by atoms with van der Waals surface area (Å²) in [5.41, 5.74) is 0.639. The largest absolute Gasteiger partial charge is 0.451 e. The van der Waals surface area contributed by atoms with Crippen molar-refractivity contribution in [2.75, 3.05) is 0 Å². The maximum atomic E-state index is 12.6. The molecule has 8 heteroatoms. The van der Waals surface area contributed by atoms with Crippen LogP contribution in [0, 0.1) is 4.77 Å². The van der Waals surface area contributed by atoms with Gasteiger partial charge in [0.15, 0.2) is 5.65 Å². The van der Waals surface area contributed by atoms with Gasteiger partial charge < -0.3 is 0 Å². The second-order valence-corrected chi connectivity index (χ2v) is 4.01.